The van der Waals surface area contributed by atoms with Crippen LogP contribution in [-0.2, 0) is 19.1 Å². The molecule has 54 heavy (non-hydrogen) atoms. The lowest BCUT2D eigenvalue weighted by molar-refractivity contribution is -0.0491. The first-order valence-corrected chi connectivity index (χ1v) is 24.6. The van der Waals surface area contributed by atoms with Gasteiger partial charge >= 0.3 is 0 Å². The molecule has 3 heterocycles. The smallest absolute Gasteiger partial charge is 0.192 e. The summed E-state index contributed by atoms with van der Waals surface area (Å²) in [5.41, 5.74) is 3.31. The van der Waals surface area contributed by atoms with Crippen molar-refractivity contribution in [3.8, 4) is 5.75 Å². The van der Waals surface area contributed by atoms with E-state index in [1.807, 2.05) is 53.1 Å². The molecule has 0 aliphatic carbocycles. The lowest BCUT2D eigenvalue weighted by atomic mass is 9.77. The van der Waals surface area contributed by atoms with Gasteiger partial charge in [0.15, 0.2) is 39.8 Å². The molecular formula is C42H57N5O5Si2. The third-order valence-corrected chi connectivity index (χ3v) is 20.8. The number of hydrogen-bond acceptors (Lipinski definition) is 9. The first-order chi connectivity index (χ1) is 25.4. The molecule has 0 bridgehead atoms. The topological polar surface area (TPSA) is 113 Å². The number of methoxy groups -OCH3 is 1. The molecule has 288 valence electrons. The maximum absolute atomic E-state index is 10.8. The lowest BCUT2D eigenvalue weighted by Gasteiger charge is -2.44. The molecule has 1 fully saturated rings. The van der Waals surface area contributed by atoms with Crippen molar-refractivity contribution >= 4 is 33.6 Å². The molecule has 0 radical (unpaired) electrons. The van der Waals surface area contributed by atoms with Gasteiger partial charge in [0.1, 0.15) is 35.9 Å². The van der Waals surface area contributed by atoms with Crippen LogP contribution in [0.5, 0.6) is 5.75 Å². The van der Waals surface area contributed by atoms with E-state index in [4.69, 9.17) is 33.3 Å². The molecule has 0 saturated carbocycles. The van der Waals surface area contributed by atoms with E-state index in [0.29, 0.717) is 17.0 Å². The molecule has 0 unspecified atom stereocenters. The number of ether oxygens (including phenoxy) is 2. The number of benzene rings is 3. The highest BCUT2D eigenvalue weighted by molar-refractivity contribution is 6.74. The van der Waals surface area contributed by atoms with Gasteiger partial charge in [-0.1, -0.05) is 114 Å². The number of aliphatic hydroxyl groups excluding tert-OH is 1. The molecule has 12 heteroatoms. The van der Waals surface area contributed by atoms with Crippen molar-refractivity contribution in [1.82, 2.24) is 19.5 Å². The molecule has 2 N–H and O–H groups in total. The predicted molar refractivity (Wildman–Crippen MR) is 220 cm³/mol. The fourth-order valence-corrected chi connectivity index (χ4v) is 9.23. The fraction of sp³-hybridized carbons (Fsp3) is 0.452. The Morgan fingerprint density at radius 3 is 1.74 bits per heavy atom. The fourth-order valence-electron chi connectivity index (χ4n) is 6.62. The van der Waals surface area contributed by atoms with Crippen LogP contribution in [-0.4, -0.2) is 73.3 Å². The van der Waals surface area contributed by atoms with Crippen LogP contribution in [0.3, 0.4) is 0 Å². The van der Waals surface area contributed by atoms with Crippen molar-refractivity contribution in [2.24, 2.45) is 0 Å². The number of hydrogen-bond donors (Lipinski definition) is 2. The Bertz CT molecular complexity index is 1970. The Kier molecular flexibility index (Phi) is 11.0. The van der Waals surface area contributed by atoms with Gasteiger partial charge in [-0.05, 0) is 65.1 Å². The summed E-state index contributed by atoms with van der Waals surface area (Å²) in [4.78, 5) is 14.6. The highest BCUT2D eigenvalue weighted by Gasteiger charge is 2.54. The number of nitrogens with zero attached hydrogens (tertiary/aromatic N) is 4. The highest BCUT2D eigenvalue weighted by atomic mass is 28.4. The predicted octanol–water partition coefficient (Wildman–Crippen LogP) is 8.91. The number of imidazole rings is 1. The van der Waals surface area contributed by atoms with Crippen LogP contribution >= 0.6 is 0 Å². The third-order valence-electron chi connectivity index (χ3n) is 11.8. The summed E-state index contributed by atoms with van der Waals surface area (Å²) >= 11 is 0. The monoisotopic (exact) mass is 767 g/mol. The first-order valence-electron chi connectivity index (χ1n) is 18.8. The summed E-state index contributed by atoms with van der Waals surface area (Å²) < 4.78 is 28.6. The molecule has 1 aliphatic heterocycles. The van der Waals surface area contributed by atoms with Crippen LogP contribution in [0, 0.1) is 0 Å². The summed E-state index contributed by atoms with van der Waals surface area (Å²) in [5, 5.41) is 14.5. The maximum atomic E-state index is 10.8. The molecule has 1 saturated heterocycles. The molecule has 2 aromatic heterocycles. The van der Waals surface area contributed by atoms with E-state index in [1.165, 1.54) is 0 Å². The zero-order valence-corrected chi connectivity index (χ0v) is 35.6. The van der Waals surface area contributed by atoms with Gasteiger partial charge in [0.25, 0.3) is 0 Å². The minimum Gasteiger partial charge on any atom is -0.497 e. The molecule has 10 nitrogen and oxygen atoms in total. The Balaban J connectivity index is 1.50. The summed E-state index contributed by atoms with van der Waals surface area (Å²) in [7, 11) is -3.03. The van der Waals surface area contributed by atoms with Gasteiger partial charge in [-0.25, -0.2) is 15.0 Å². The van der Waals surface area contributed by atoms with Crippen LogP contribution in [0.1, 0.15) is 64.5 Å². The maximum Gasteiger partial charge on any atom is 0.192 e. The van der Waals surface area contributed by atoms with Crippen LogP contribution in [0.4, 0.5) is 5.82 Å². The average molecular weight is 768 g/mol. The third kappa shape index (κ3) is 7.39. The molecule has 0 spiro atoms. The average Bonchev–Trinajstić information content (AvgIpc) is 3.71. The molecular weight excluding hydrogens is 711 g/mol. The van der Waals surface area contributed by atoms with E-state index in [0.717, 1.165) is 22.4 Å². The van der Waals surface area contributed by atoms with Gasteiger partial charge in [0, 0.05) is 0 Å². The van der Waals surface area contributed by atoms with E-state index in [-0.39, 0.29) is 16.7 Å². The van der Waals surface area contributed by atoms with E-state index >= 15 is 0 Å². The highest BCUT2D eigenvalue weighted by Crippen LogP contribution is 2.47. The van der Waals surface area contributed by atoms with Crippen LogP contribution in [0.15, 0.2) is 97.6 Å². The van der Waals surface area contributed by atoms with Crippen LogP contribution in [0.2, 0.25) is 36.3 Å². The Morgan fingerprint density at radius 1 is 0.722 bits per heavy atom. The molecule has 5 aromatic rings. The molecule has 6 rings (SSSR count). The van der Waals surface area contributed by atoms with Crippen LogP contribution in [0.25, 0.3) is 11.2 Å². The summed E-state index contributed by atoms with van der Waals surface area (Å²) in [5.74, 6) is 1.31. The van der Waals surface area contributed by atoms with Crippen molar-refractivity contribution in [3.63, 3.8) is 0 Å². The Morgan fingerprint density at radius 2 is 1.24 bits per heavy atom. The Hall–Kier alpha value is -3.92. The zero-order valence-electron chi connectivity index (χ0n) is 33.6. The second-order valence-electron chi connectivity index (χ2n) is 17.3. The minimum absolute atomic E-state index is 0.0595. The van der Waals surface area contributed by atoms with Crippen LogP contribution < -0.4 is 10.1 Å². The number of anilines is 1. The van der Waals surface area contributed by atoms with Crippen molar-refractivity contribution in [1.29, 1.82) is 0 Å². The quantitative estimate of drug-likeness (QED) is 0.0950. The van der Waals surface area contributed by atoms with Gasteiger partial charge < -0.3 is 28.7 Å². The number of fused-ring (bicyclic) bond motifs is 1. The molecule has 4 atom stereocenters. The van der Waals surface area contributed by atoms with E-state index < -0.39 is 46.7 Å². The van der Waals surface area contributed by atoms with Gasteiger partial charge in [-0.3, -0.25) is 4.57 Å². The van der Waals surface area contributed by atoms with Crippen molar-refractivity contribution in [2.75, 3.05) is 19.0 Å². The summed E-state index contributed by atoms with van der Waals surface area (Å²) in [6.45, 7) is 22.1. The number of nitrogens with one attached hydrogen (secondary N) is 1. The van der Waals surface area contributed by atoms with E-state index in [2.05, 4.69) is 109 Å². The number of aromatic nitrogens is 4. The normalized spacial score (nSPS) is 20.0. The van der Waals surface area contributed by atoms with Crippen molar-refractivity contribution in [2.45, 2.75) is 108 Å². The van der Waals surface area contributed by atoms with Crippen molar-refractivity contribution < 1.29 is 23.4 Å². The van der Waals surface area contributed by atoms with Gasteiger partial charge in [0.2, 0.25) is 0 Å². The van der Waals surface area contributed by atoms with E-state index in [1.54, 1.807) is 19.8 Å². The second kappa shape index (κ2) is 15.0. The van der Waals surface area contributed by atoms with Crippen molar-refractivity contribution in [3.05, 3.63) is 114 Å². The summed E-state index contributed by atoms with van der Waals surface area (Å²) in [6, 6.07) is 28.8. The minimum atomic E-state index is -2.37. The number of rotatable bonds is 12. The van der Waals surface area contributed by atoms with E-state index in [9.17, 15) is 5.11 Å². The standard InChI is InChI=1S/C42H57N5O5Si2/c1-40(2,3)53(8,9)51-35-33(26-48)50-39(36(35)52-54(10,11)41(4,5)6)47-28-45-34-37(43-27-44-38(34)47)46-42(29-18-14-12-15-19-29,30-20-16-13-17-21-30)31-22-24-32(49-7)25-23-31/h12-25,27-28,33,35-36,39,48H,26H2,1-11H3,(H,43,44,46)/t33-,35-,36-,39-/m1/s1. The molecule has 0 amide bonds. The zero-order chi connectivity index (χ0) is 39.1. The van der Waals surface area contributed by atoms with Gasteiger partial charge in [0.05, 0.1) is 20.0 Å². The number of aliphatic hydroxyl groups is 1. The first kappa shape index (κ1) is 39.8. The molecule has 1 aliphatic rings. The molecule has 3 aromatic carbocycles. The summed E-state index contributed by atoms with van der Waals surface area (Å²) in [6.07, 6.45) is 1.03. The SMILES string of the molecule is COc1ccc(C(Nc2ncnc3c2ncn3[C@@H]2O[C@H](CO)[C@@H](O[Si](C)(C)C(C)(C)C)[C@H]2O[Si](C)(C)C(C)(C)C)(c2ccccc2)c2ccccc2)cc1. The van der Waals surface area contributed by atoms with Gasteiger partial charge in [-0.15, -0.1) is 0 Å². The largest absolute Gasteiger partial charge is 0.497 e. The Labute approximate surface area is 322 Å². The lowest BCUT2D eigenvalue weighted by Crippen LogP contribution is -2.53. The van der Waals surface area contributed by atoms with Gasteiger partial charge in [-0.2, -0.15) is 0 Å². The second-order valence-corrected chi connectivity index (χ2v) is 26.8.